The number of rotatable bonds is 3. The summed E-state index contributed by atoms with van der Waals surface area (Å²) in [5.41, 5.74) is 11.3. The lowest BCUT2D eigenvalue weighted by Gasteiger charge is -2.13. The summed E-state index contributed by atoms with van der Waals surface area (Å²) in [6.07, 6.45) is 0.466. The van der Waals surface area contributed by atoms with E-state index in [9.17, 15) is 9.50 Å². The average Bonchev–Trinajstić information content (AvgIpc) is 2.11. The third kappa shape index (κ3) is 3.50. The quantitative estimate of drug-likeness (QED) is 0.773. The van der Waals surface area contributed by atoms with Gasteiger partial charge in [-0.3, -0.25) is 0 Å². The van der Waals surface area contributed by atoms with Crippen LogP contribution in [0.1, 0.15) is 18.0 Å². The van der Waals surface area contributed by atoms with Crippen LogP contribution in [-0.2, 0) is 0 Å². The standard InChI is InChI=1S/C9H12ClFN2O.ClH/c10-7-4-5(11)3-6(9(7)14)8(13)1-2-12;/h3-4,8,14H,1-2,12-13H2;1H/t8-;/m0./s1. The number of aromatic hydroxyl groups is 1. The molecule has 6 heteroatoms. The van der Waals surface area contributed by atoms with Gasteiger partial charge in [-0.15, -0.1) is 12.4 Å². The Morgan fingerprint density at radius 1 is 1.47 bits per heavy atom. The zero-order chi connectivity index (χ0) is 10.7. The molecule has 0 saturated heterocycles. The highest BCUT2D eigenvalue weighted by Gasteiger charge is 2.14. The van der Waals surface area contributed by atoms with E-state index >= 15 is 0 Å². The molecule has 0 amide bonds. The predicted octanol–water partition coefficient (Wildman–Crippen LogP) is 1.96. The molecule has 0 aliphatic heterocycles. The highest BCUT2D eigenvalue weighted by atomic mass is 35.5. The molecule has 0 aliphatic rings. The van der Waals surface area contributed by atoms with Gasteiger partial charge in [-0.25, -0.2) is 4.39 Å². The lowest BCUT2D eigenvalue weighted by atomic mass is 10.0. The largest absolute Gasteiger partial charge is 0.506 e. The molecule has 1 aromatic rings. The monoisotopic (exact) mass is 254 g/mol. The first-order chi connectivity index (χ1) is 6.56. The van der Waals surface area contributed by atoms with Crippen LogP contribution in [0.4, 0.5) is 4.39 Å². The van der Waals surface area contributed by atoms with E-state index in [2.05, 4.69) is 0 Å². The van der Waals surface area contributed by atoms with Crippen LogP contribution in [-0.4, -0.2) is 11.7 Å². The van der Waals surface area contributed by atoms with Gasteiger partial charge in [0.2, 0.25) is 0 Å². The van der Waals surface area contributed by atoms with Crippen molar-refractivity contribution in [2.75, 3.05) is 6.54 Å². The fourth-order valence-corrected chi connectivity index (χ4v) is 1.42. The van der Waals surface area contributed by atoms with E-state index in [1.54, 1.807) is 0 Å². The Kier molecular flexibility index (Phi) is 5.90. The summed E-state index contributed by atoms with van der Waals surface area (Å²) in [6, 6.07) is 1.71. The Bertz CT molecular complexity index is 336. The molecule has 0 radical (unpaired) electrons. The van der Waals surface area contributed by atoms with E-state index < -0.39 is 11.9 Å². The molecular weight excluding hydrogens is 242 g/mol. The van der Waals surface area contributed by atoms with Crippen LogP contribution in [0.25, 0.3) is 0 Å². The molecule has 0 saturated carbocycles. The molecule has 0 aromatic heterocycles. The third-order valence-corrected chi connectivity index (χ3v) is 2.22. The number of benzene rings is 1. The summed E-state index contributed by atoms with van der Waals surface area (Å²) in [5, 5.41) is 9.46. The van der Waals surface area contributed by atoms with Gasteiger partial charge in [-0.1, -0.05) is 11.6 Å². The zero-order valence-corrected chi connectivity index (χ0v) is 9.48. The Morgan fingerprint density at radius 3 is 2.60 bits per heavy atom. The highest BCUT2D eigenvalue weighted by Crippen LogP contribution is 2.32. The molecule has 86 valence electrons. The second kappa shape index (κ2) is 6.12. The van der Waals surface area contributed by atoms with Gasteiger partial charge in [0.25, 0.3) is 0 Å². The molecule has 1 aromatic carbocycles. The SMILES string of the molecule is Cl.NCC[C@H](N)c1cc(F)cc(Cl)c1O. The molecule has 5 N–H and O–H groups in total. The first-order valence-electron chi connectivity index (χ1n) is 4.19. The molecule has 3 nitrogen and oxygen atoms in total. The first kappa shape index (κ1) is 14.5. The molecular formula is C9H13Cl2FN2O. The third-order valence-electron chi connectivity index (χ3n) is 1.93. The van der Waals surface area contributed by atoms with Crippen molar-refractivity contribution in [3.05, 3.63) is 28.5 Å². The number of hydrogen-bond acceptors (Lipinski definition) is 3. The van der Waals surface area contributed by atoms with Gasteiger partial charge in [0, 0.05) is 11.6 Å². The molecule has 1 atom stereocenters. The summed E-state index contributed by atoms with van der Waals surface area (Å²) in [6.45, 7) is 0.370. The van der Waals surface area contributed by atoms with E-state index in [-0.39, 0.29) is 23.2 Å². The van der Waals surface area contributed by atoms with Gasteiger partial charge in [0.1, 0.15) is 11.6 Å². The van der Waals surface area contributed by atoms with Crippen molar-refractivity contribution < 1.29 is 9.50 Å². The molecule has 1 rings (SSSR count). The minimum Gasteiger partial charge on any atom is -0.506 e. The fourth-order valence-electron chi connectivity index (χ4n) is 1.20. The summed E-state index contributed by atoms with van der Waals surface area (Å²) >= 11 is 5.59. The minimum atomic E-state index is -0.518. The second-order valence-electron chi connectivity index (χ2n) is 3.01. The lowest BCUT2D eigenvalue weighted by Crippen LogP contribution is -2.15. The van der Waals surface area contributed by atoms with Crippen molar-refractivity contribution in [3.8, 4) is 5.75 Å². The van der Waals surface area contributed by atoms with Crippen LogP contribution in [0, 0.1) is 5.82 Å². The highest BCUT2D eigenvalue weighted by molar-refractivity contribution is 6.32. The molecule has 0 unspecified atom stereocenters. The Morgan fingerprint density at radius 2 is 2.07 bits per heavy atom. The number of nitrogens with two attached hydrogens (primary N) is 2. The smallest absolute Gasteiger partial charge is 0.139 e. The number of phenols is 1. The van der Waals surface area contributed by atoms with Crippen LogP contribution in [0.2, 0.25) is 5.02 Å². The maximum atomic E-state index is 12.9. The fraction of sp³-hybridized carbons (Fsp3) is 0.333. The van der Waals surface area contributed by atoms with Crippen molar-refractivity contribution in [1.82, 2.24) is 0 Å². The Hall–Kier alpha value is -0.550. The van der Waals surface area contributed by atoms with Crippen molar-refractivity contribution in [2.24, 2.45) is 11.5 Å². The van der Waals surface area contributed by atoms with Crippen molar-refractivity contribution >= 4 is 24.0 Å². The summed E-state index contributed by atoms with van der Waals surface area (Å²) in [7, 11) is 0. The van der Waals surface area contributed by atoms with E-state index in [1.807, 2.05) is 0 Å². The number of phenolic OH excluding ortho intramolecular Hbond substituents is 1. The molecule has 0 fully saturated rings. The predicted molar refractivity (Wildman–Crippen MR) is 60.9 cm³/mol. The molecule has 0 aliphatic carbocycles. The molecule has 0 bridgehead atoms. The van der Waals surface area contributed by atoms with Crippen molar-refractivity contribution in [1.29, 1.82) is 0 Å². The van der Waals surface area contributed by atoms with E-state index in [0.29, 0.717) is 18.5 Å². The Labute approximate surface area is 98.6 Å². The molecule has 0 heterocycles. The number of halogens is 3. The van der Waals surface area contributed by atoms with E-state index in [1.165, 1.54) is 6.07 Å². The second-order valence-corrected chi connectivity index (χ2v) is 3.42. The normalized spacial score (nSPS) is 12.0. The van der Waals surface area contributed by atoms with Gasteiger partial charge in [0.15, 0.2) is 0 Å². The van der Waals surface area contributed by atoms with Gasteiger partial charge >= 0.3 is 0 Å². The van der Waals surface area contributed by atoms with Gasteiger partial charge in [0.05, 0.1) is 5.02 Å². The van der Waals surface area contributed by atoms with Crippen molar-refractivity contribution in [3.63, 3.8) is 0 Å². The van der Waals surface area contributed by atoms with Crippen LogP contribution >= 0.6 is 24.0 Å². The summed E-state index contributed by atoms with van der Waals surface area (Å²) in [5.74, 6) is -0.690. The van der Waals surface area contributed by atoms with Gasteiger partial charge < -0.3 is 16.6 Å². The van der Waals surface area contributed by atoms with Crippen LogP contribution in [0.3, 0.4) is 0 Å². The Balaban J connectivity index is 0.00000196. The van der Waals surface area contributed by atoms with Crippen LogP contribution in [0.15, 0.2) is 12.1 Å². The summed E-state index contributed by atoms with van der Waals surface area (Å²) in [4.78, 5) is 0. The van der Waals surface area contributed by atoms with Crippen LogP contribution < -0.4 is 11.5 Å². The van der Waals surface area contributed by atoms with Gasteiger partial charge in [-0.05, 0) is 25.1 Å². The van der Waals surface area contributed by atoms with Gasteiger partial charge in [-0.2, -0.15) is 0 Å². The lowest BCUT2D eigenvalue weighted by molar-refractivity contribution is 0.456. The maximum Gasteiger partial charge on any atom is 0.139 e. The average molecular weight is 255 g/mol. The molecule has 15 heavy (non-hydrogen) atoms. The van der Waals surface area contributed by atoms with E-state index in [4.69, 9.17) is 23.1 Å². The number of hydrogen-bond donors (Lipinski definition) is 3. The maximum absolute atomic E-state index is 12.9. The topological polar surface area (TPSA) is 72.3 Å². The van der Waals surface area contributed by atoms with Crippen LogP contribution in [0.5, 0.6) is 5.75 Å². The first-order valence-corrected chi connectivity index (χ1v) is 4.57. The molecule has 0 spiro atoms. The van der Waals surface area contributed by atoms with E-state index in [0.717, 1.165) is 6.07 Å². The summed E-state index contributed by atoms with van der Waals surface area (Å²) < 4.78 is 12.9. The zero-order valence-electron chi connectivity index (χ0n) is 7.91. The van der Waals surface area contributed by atoms with Crippen molar-refractivity contribution in [2.45, 2.75) is 12.5 Å². The minimum absolute atomic E-state index is 0.